The summed E-state index contributed by atoms with van der Waals surface area (Å²) >= 11 is 6.65. The van der Waals surface area contributed by atoms with Crippen molar-refractivity contribution >= 4 is 34.2 Å². The maximum atomic E-state index is 11.5. The van der Waals surface area contributed by atoms with E-state index in [9.17, 15) is 4.21 Å². The average molecular weight is 423 g/mol. The van der Waals surface area contributed by atoms with E-state index in [1.165, 1.54) is 0 Å². The summed E-state index contributed by atoms with van der Waals surface area (Å²) in [5, 5.41) is 0.648. The summed E-state index contributed by atoms with van der Waals surface area (Å²) in [7, 11) is -0.912. The maximum absolute atomic E-state index is 11.5. The Hall–Kier alpha value is -1.70. The van der Waals surface area contributed by atoms with Crippen LogP contribution >= 0.6 is 11.6 Å². The van der Waals surface area contributed by atoms with Crippen molar-refractivity contribution in [2.45, 2.75) is 32.1 Å². The van der Waals surface area contributed by atoms with Crippen molar-refractivity contribution in [3.63, 3.8) is 0 Å². The predicted octanol–water partition coefficient (Wildman–Crippen LogP) is 3.50. The van der Waals surface area contributed by atoms with E-state index < -0.39 is 10.8 Å². The molecule has 1 aliphatic heterocycles. The molecule has 1 aliphatic rings. The highest BCUT2D eigenvalue weighted by Crippen LogP contribution is 2.35. The van der Waals surface area contributed by atoms with Gasteiger partial charge in [-0.2, -0.15) is 4.98 Å². The zero-order valence-corrected chi connectivity index (χ0v) is 18.1. The van der Waals surface area contributed by atoms with Gasteiger partial charge in [0.1, 0.15) is 5.82 Å². The van der Waals surface area contributed by atoms with E-state index in [0.717, 1.165) is 35.6 Å². The summed E-state index contributed by atoms with van der Waals surface area (Å²) in [4.78, 5) is 10.9. The second kappa shape index (κ2) is 9.20. The van der Waals surface area contributed by atoms with E-state index in [1.54, 1.807) is 6.26 Å². The van der Waals surface area contributed by atoms with Crippen LogP contribution in [0.2, 0.25) is 5.02 Å². The van der Waals surface area contributed by atoms with Crippen LogP contribution in [0, 0.1) is 12.8 Å². The molecule has 0 spiro atoms. The largest absolute Gasteiger partial charge is 0.379 e. The molecular formula is C20H27ClN4O2S. The number of ether oxygens (including phenoxy) is 1. The van der Waals surface area contributed by atoms with Crippen LogP contribution in [0.15, 0.2) is 24.3 Å². The van der Waals surface area contributed by atoms with Gasteiger partial charge in [0, 0.05) is 46.1 Å². The van der Waals surface area contributed by atoms with Crippen molar-refractivity contribution in [1.29, 1.82) is 0 Å². The van der Waals surface area contributed by atoms with E-state index in [0.29, 0.717) is 29.9 Å². The molecule has 2 heterocycles. The Balaban J connectivity index is 2.01. The summed E-state index contributed by atoms with van der Waals surface area (Å²) in [6.45, 7) is 6.09. The summed E-state index contributed by atoms with van der Waals surface area (Å²) in [6, 6.07) is 7.76. The highest BCUT2D eigenvalue weighted by Gasteiger charge is 2.30. The Morgan fingerprint density at radius 1 is 1.32 bits per heavy atom. The molecule has 1 saturated heterocycles. The van der Waals surface area contributed by atoms with Gasteiger partial charge in [-0.15, -0.1) is 0 Å². The number of anilines is 2. The molecule has 2 aromatic rings. The molecule has 28 heavy (non-hydrogen) atoms. The van der Waals surface area contributed by atoms with Gasteiger partial charge in [-0.05, 0) is 36.5 Å². The van der Waals surface area contributed by atoms with Crippen LogP contribution in [0.5, 0.6) is 0 Å². The molecule has 0 saturated carbocycles. The van der Waals surface area contributed by atoms with Crippen LogP contribution in [-0.2, 0) is 21.3 Å². The monoisotopic (exact) mass is 422 g/mol. The second-order valence-electron chi connectivity index (χ2n) is 7.28. The van der Waals surface area contributed by atoms with Crippen LogP contribution in [-0.4, -0.2) is 40.2 Å². The highest BCUT2D eigenvalue weighted by atomic mass is 35.5. The van der Waals surface area contributed by atoms with Gasteiger partial charge in [-0.3, -0.25) is 4.21 Å². The fourth-order valence-electron chi connectivity index (χ4n) is 3.54. The van der Waals surface area contributed by atoms with Crippen molar-refractivity contribution < 1.29 is 8.95 Å². The average Bonchev–Trinajstić information content (AvgIpc) is 2.83. The topological polar surface area (TPSA) is 81.3 Å². The lowest BCUT2D eigenvalue weighted by atomic mass is 10.0. The molecule has 1 aromatic carbocycles. The number of nitrogen functional groups attached to an aromatic ring is 1. The number of hydrogen-bond acceptors (Lipinski definition) is 6. The first-order valence-corrected chi connectivity index (χ1v) is 11.5. The fraction of sp³-hybridized carbons (Fsp3) is 0.500. The standard InChI is InChI=1S/C20H27ClN4O2S/c1-4-14-9-25(19-7-13(2)23-20(22)24-19)18(11-27-10-14)16-6-5-15(8-17(16)21)12-28(3)26/h5-8,14,18H,4,9-12H2,1-3H3,(H2,22,23,24). The molecule has 2 N–H and O–H groups in total. The summed E-state index contributed by atoms with van der Waals surface area (Å²) in [6.07, 6.45) is 2.70. The first kappa shape index (κ1) is 21.0. The molecular weight excluding hydrogens is 396 g/mol. The fourth-order valence-corrected chi connectivity index (χ4v) is 4.52. The summed E-state index contributed by atoms with van der Waals surface area (Å²) in [5.41, 5.74) is 8.68. The van der Waals surface area contributed by atoms with Gasteiger partial charge in [-0.25, -0.2) is 4.98 Å². The predicted molar refractivity (Wildman–Crippen MR) is 115 cm³/mol. The molecule has 3 atom stereocenters. The first-order valence-electron chi connectivity index (χ1n) is 9.41. The van der Waals surface area contributed by atoms with E-state index in [2.05, 4.69) is 21.8 Å². The minimum atomic E-state index is -0.912. The lowest BCUT2D eigenvalue weighted by Crippen LogP contribution is -2.34. The molecule has 0 bridgehead atoms. The Morgan fingerprint density at radius 3 is 2.75 bits per heavy atom. The highest BCUT2D eigenvalue weighted by molar-refractivity contribution is 7.83. The van der Waals surface area contributed by atoms with E-state index in [1.807, 2.05) is 31.2 Å². The Kier molecular flexibility index (Phi) is 6.91. The lowest BCUT2D eigenvalue weighted by molar-refractivity contribution is 0.109. The van der Waals surface area contributed by atoms with Gasteiger partial charge in [0.05, 0.1) is 19.3 Å². The Morgan fingerprint density at radius 2 is 2.11 bits per heavy atom. The van der Waals surface area contributed by atoms with Gasteiger partial charge in [-0.1, -0.05) is 30.7 Å². The molecule has 0 radical (unpaired) electrons. The van der Waals surface area contributed by atoms with Crippen molar-refractivity contribution in [1.82, 2.24) is 9.97 Å². The van der Waals surface area contributed by atoms with Crippen LogP contribution < -0.4 is 10.6 Å². The van der Waals surface area contributed by atoms with Gasteiger partial charge >= 0.3 is 0 Å². The third-order valence-electron chi connectivity index (χ3n) is 4.98. The molecule has 1 fully saturated rings. The van der Waals surface area contributed by atoms with Crippen molar-refractivity contribution in [3.05, 3.63) is 46.1 Å². The number of benzene rings is 1. The Labute approximate surface area is 173 Å². The van der Waals surface area contributed by atoms with E-state index >= 15 is 0 Å². The van der Waals surface area contributed by atoms with E-state index in [4.69, 9.17) is 22.1 Å². The van der Waals surface area contributed by atoms with Crippen LogP contribution in [0.25, 0.3) is 0 Å². The van der Waals surface area contributed by atoms with Crippen molar-refractivity contribution in [3.8, 4) is 0 Å². The second-order valence-corrected chi connectivity index (χ2v) is 9.12. The van der Waals surface area contributed by atoms with Crippen molar-refractivity contribution in [2.24, 2.45) is 5.92 Å². The molecule has 8 heteroatoms. The molecule has 0 aliphatic carbocycles. The number of hydrogen-bond donors (Lipinski definition) is 1. The molecule has 1 aromatic heterocycles. The number of nitrogens with zero attached hydrogens (tertiary/aromatic N) is 3. The van der Waals surface area contributed by atoms with Gasteiger partial charge in [0.25, 0.3) is 0 Å². The number of nitrogens with two attached hydrogens (primary N) is 1. The van der Waals surface area contributed by atoms with Gasteiger partial charge in [0.15, 0.2) is 0 Å². The molecule has 0 amide bonds. The molecule has 3 rings (SSSR count). The lowest BCUT2D eigenvalue weighted by Gasteiger charge is -2.33. The zero-order chi connectivity index (χ0) is 20.3. The van der Waals surface area contributed by atoms with Crippen LogP contribution in [0.1, 0.15) is 36.2 Å². The summed E-state index contributed by atoms with van der Waals surface area (Å²) < 4.78 is 17.5. The Bertz CT molecular complexity index is 844. The first-order chi connectivity index (χ1) is 13.4. The number of rotatable bonds is 5. The molecule has 3 unspecified atom stereocenters. The van der Waals surface area contributed by atoms with Crippen molar-refractivity contribution in [2.75, 3.05) is 36.6 Å². The summed E-state index contributed by atoms with van der Waals surface area (Å²) in [5.74, 6) is 1.93. The van der Waals surface area contributed by atoms with Gasteiger partial charge < -0.3 is 15.4 Å². The minimum absolute atomic E-state index is 0.0843. The quantitative estimate of drug-likeness (QED) is 0.794. The number of aryl methyl sites for hydroxylation is 1. The zero-order valence-electron chi connectivity index (χ0n) is 16.5. The SMILES string of the molecule is CCC1COCC(c2ccc(CS(C)=O)cc2Cl)N(c2cc(C)nc(N)n2)C1. The van der Waals surface area contributed by atoms with Crippen LogP contribution in [0.4, 0.5) is 11.8 Å². The molecule has 152 valence electrons. The third-order valence-corrected chi connectivity index (χ3v) is 6.05. The smallest absolute Gasteiger partial charge is 0.222 e. The van der Waals surface area contributed by atoms with Gasteiger partial charge in [0.2, 0.25) is 5.95 Å². The third kappa shape index (κ3) is 5.01. The molecule has 6 nitrogen and oxygen atoms in total. The maximum Gasteiger partial charge on any atom is 0.222 e. The normalized spacial score (nSPS) is 21.4. The van der Waals surface area contributed by atoms with Crippen LogP contribution in [0.3, 0.4) is 0 Å². The minimum Gasteiger partial charge on any atom is -0.379 e. The number of halogens is 1. The number of aromatic nitrogens is 2. The van der Waals surface area contributed by atoms with E-state index in [-0.39, 0.29) is 12.0 Å².